The van der Waals surface area contributed by atoms with E-state index in [0.29, 0.717) is 30.6 Å². The van der Waals surface area contributed by atoms with Crippen molar-refractivity contribution in [2.75, 3.05) is 6.61 Å². The van der Waals surface area contributed by atoms with Gasteiger partial charge in [0.25, 0.3) is 0 Å². The Bertz CT molecular complexity index is 921. The molecule has 0 bridgehead atoms. The number of fused-ring (bicyclic) bond motifs is 7. The quantitative estimate of drug-likeness (QED) is 0.398. The molecule has 5 nitrogen and oxygen atoms in total. The third-order valence-electron chi connectivity index (χ3n) is 14.6. The number of aliphatic hydroxyl groups is 3. The topological polar surface area (TPSA) is 98.0 Å². The maximum atomic E-state index is 12.8. The van der Waals surface area contributed by atoms with E-state index in [1.54, 1.807) is 0 Å². The van der Waals surface area contributed by atoms with Crippen LogP contribution in [0.1, 0.15) is 106 Å². The number of carbonyl (C=O) groups is 1. The van der Waals surface area contributed by atoms with Crippen LogP contribution in [-0.4, -0.2) is 44.7 Å². The van der Waals surface area contributed by atoms with Crippen molar-refractivity contribution in [3.63, 3.8) is 0 Å². The van der Waals surface area contributed by atoms with Crippen LogP contribution in [0, 0.1) is 62.6 Å². The third kappa shape index (κ3) is 2.97. The highest BCUT2D eigenvalue weighted by atomic mass is 16.4. The largest absolute Gasteiger partial charge is 0.479 e. The Morgan fingerprint density at radius 3 is 2.11 bits per heavy atom. The molecule has 5 saturated carbocycles. The van der Waals surface area contributed by atoms with Crippen LogP contribution >= 0.6 is 0 Å². The van der Waals surface area contributed by atoms with Gasteiger partial charge in [-0.1, -0.05) is 48.5 Å². The fourth-order valence-electron chi connectivity index (χ4n) is 12.0. The molecule has 36 heavy (non-hydrogen) atoms. The van der Waals surface area contributed by atoms with Crippen molar-refractivity contribution < 1.29 is 25.2 Å². The predicted octanol–water partition coefficient (Wildman–Crippen LogP) is 5.50. The number of carboxylic acids is 1. The van der Waals surface area contributed by atoms with Crippen LogP contribution in [0.4, 0.5) is 0 Å². The van der Waals surface area contributed by atoms with E-state index in [0.717, 1.165) is 25.7 Å². The molecule has 13 atom stereocenters. The average molecular weight is 505 g/mol. The van der Waals surface area contributed by atoms with Crippen molar-refractivity contribution in [3.8, 4) is 0 Å². The Labute approximate surface area is 218 Å². The first kappa shape index (κ1) is 26.9. The fourth-order valence-corrected chi connectivity index (χ4v) is 12.0. The van der Waals surface area contributed by atoms with E-state index in [-0.39, 0.29) is 47.0 Å². The minimum Gasteiger partial charge on any atom is -0.479 e. The van der Waals surface area contributed by atoms with Gasteiger partial charge in [0, 0.05) is 12.0 Å². The average Bonchev–Trinajstić information content (AvgIpc) is 2.82. The SMILES string of the molecule is C[C@@H]1[C@H]2[C@H]3C(O)C[C@@H]4[C@]5(C)[C@@H](CC[C@@]4(C)[C@]3(C)CC[C@@]2(C)CC[C@H]1C)C(C)(CO)CCC5(O)C(=O)O. The molecule has 5 aliphatic carbocycles. The molecule has 5 fully saturated rings. The van der Waals surface area contributed by atoms with Crippen molar-refractivity contribution in [2.45, 2.75) is 118 Å². The summed E-state index contributed by atoms with van der Waals surface area (Å²) in [5.74, 6) is 0.514. The molecule has 0 radical (unpaired) electrons. The maximum absolute atomic E-state index is 12.8. The van der Waals surface area contributed by atoms with Gasteiger partial charge in [-0.3, -0.25) is 0 Å². The van der Waals surface area contributed by atoms with E-state index in [9.17, 15) is 25.2 Å². The van der Waals surface area contributed by atoms with Gasteiger partial charge in [-0.2, -0.15) is 0 Å². The van der Waals surface area contributed by atoms with Crippen molar-refractivity contribution in [2.24, 2.45) is 62.6 Å². The Morgan fingerprint density at radius 2 is 1.50 bits per heavy atom. The fraction of sp³-hybridized carbons (Fsp3) is 0.968. The summed E-state index contributed by atoms with van der Waals surface area (Å²) in [6.45, 7) is 16.2. The van der Waals surface area contributed by atoms with Crippen LogP contribution in [0.3, 0.4) is 0 Å². The standard InChI is InChI=1S/C31H52O5/c1-18-8-10-26(3)12-14-29(6)24(23(26)19(18)2)20(33)16-22-28(29,5)11-9-21-27(4,17-32)13-15-31(36,25(34)35)30(21,22)7/h18-24,32-33,36H,8-17H2,1-7H3,(H,34,35)/t18-,19+,20?,21+,22+,23+,24-,26-,27?,28-,29-,30+,31?/m1/s1. The monoisotopic (exact) mass is 504 g/mol. The van der Waals surface area contributed by atoms with E-state index in [2.05, 4.69) is 41.5 Å². The molecule has 0 aromatic rings. The number of aliphatic carboxylic acids is 1. The summed E-state index contributed by atoms with van der Waals surface area (Å²) in [5, 5.41) is 45.1. The summed E-state index contributed by atoms with van der Waals surface area (Å²) in [6.07, 6.45) is 7.22. The second kappa shape index (κ2) is 7.94. The summed E-state index contributed by atoms with van der Waals surface area (Å²) in [7, 11) is 0. The normalized spacial score (nSPS) is 60.8. The first-order valence-electron chi connectivity index (χ1n) is 14.8. The number of rotatable bonds is 2. The van der Waals surface area contributed by atoms with Crippen molar-refractivity contribution >= 4 is 5.97 Å². The smallest absolute Gasteiger partial charge is 0.336 e. The molecular formula is C31H52O5. The molecule has 0 heterocycles. The second-order valence-corrected chi connectivity index (χ2v) is 15.6. The number of aliphatic hydroxyl groups excluding tert-OH is 2. The minimum atomic E-state index is -1.85. The first-order valence-corrected chi connectivity index (χ1v) is 14.8. The molecule has 0 aromatic carbocycles. The van der Waals surface area contributed by atoms with Crippen LogP contribution in [0.2, 0.25) is 0 Å². The number of hydrogen-bond acceptors (Lipinski definition) is 4. The molecule has 4 N–H and O–H groups in total. The third-order valence-corrected chi connectivity index (χ3v) is 14.6. The maximum Gasteiger partial charge on any atom is 0.336 e. The number of hydrogen-bond donors (Lipinski definition) is 4. The van der Waals surface area contributed by atoms with Gasteiger partial charge in [0.05, 0.1) is 6.10 Å². The van der Waals surface area contributed by atoms with Gasteiger partial charge in [0.1, 0.15) is 0 Å². The van der Waals surface area contributed by atoms with E-state index < -0.39 is 28.5 Å². The van der Waals surface area contributed by atoms with Gasteiger partial charge in [-0.15, -0.1) is 0 Å². The number of carboxylic acid groups (broad SMARTS) is 1. The van der Waals surface area contributed by atoms with Crippen LogP contribution in [0.5, 0.6) is 0 Å². The van der Waals surface area contributed by atoms with Gasteiger partial charge in [-0.05, 0) is 115 Å². The molecular weight excluding hydrogens is 452 g/mol. The molecule has 5 aliphatic rings. The molecule has 0 saturated heterocycles. The summed E-state index contributed by atoms with van der Waals surface area (Å²) >= 11 is 0. The predicted molar refractivity (Wildman–Crippen MR) is 140 cm³/mol. The van der Waals surface area contributed by atoms with Crippen molar-refractivity contribution in [1.82, 2.24) is 0 Å². The van der Waals surface area contributed by atoms with Crippen LogP contribution in [0.25, 0.3) is 0 Å². The Balaban J connectivity index is 1.66. The van der Waals surface area contributed by atoms with Gasteiger partial charge in [0.15, 0.2) is 5.60 Å². The molecule has 206 valence electrons. The molecule has 0 aromatic heterocycles. The molecule has 5 rings (SSSR count). The van der Waals surface area contributed by atoms with Gasteiger partial charge in [0.2, 0.25) is 0 Å². The van der Waals surface area contributed by atoms with Crippen molar-refractivity contribution in [1.29, 1.82) is 0 Å². The van der Waals surface area contributed by atoms with Gasteiger partial charge < -0.3 is 20.4 Å². The van der Waals surface area contributed by atoms with Crippen LogP contribution in [0.15, 0.2) is 0 Å². The molecule has 0 spiro atoms. The lowest BCUT2D eigenvalue weighted by Crippen LogP contribution is -2.75. The molecule has 0 aliphatic heterocycles. The molecule has 3 unspecified atom stereocenters. The second-order valence-electron chi connectivity index (χ2n) is 15.6. The molecule has 0 amide bonds. The van der Waals surface area contributed by atoms with Crippen LogP contribution in [-0.2, 0) is 4.79 Å². The lowest BCUT2D eigenvalue weighted by atomic mass is 9.29. The lowest BCUT2D eigenvalue weighted by molar-refractivity contribution is -0.310. The zero-order valence-electron chi connectivity index (χ0n) is 23.8. The van der Waals surface area contributed by atoms with E-state index in [1.807, 2.05) is 6.92 Å². The summed E-state index contributed by atoms with van der Waals surface area (Å²) in [5.41, 5.74) is -3.23. The van der Waals surface area contributed by atoms with Gasteiger partial charge >= 0.3 is 5.97 Å². The van der Waals surface area contributed by atoms with Crippen molar-refractivity contribution in [3.05, 3.63) is 0 Å². The summed E-state index contributed by atoms with van der Waals surface area (Å²) < 4.78 is 0. The minimum absolute atomic E-state index is 0.00463. The van der Waals surface area contributed by atoms with E-state index in [1.165, 1.54) is 12.8 Å². The van der Waals surface area contributed by atoms with E-state index >= 15 is 0 Å². The zero-order chi connectivity index (χ0) is 26.7. The summed E-state index contributed by atoms with van der Waals surface area (Å²) in [6, 6.07) is 0. The Morgan fingerprint density at radius 1 is 0.833 bits per heavy atom. The lowest BCUT2D eigenvalue weighted by Gasteiger charge is -2.75. The van der Waals surface area contributed by atoms with Gasteiger partial charge in [-0.25, -0.2) is 4.79 Å². The first-order chi connectivity index (χ1) is 16.6. The van der Waals surface area contributed by atoms with E-state index in [4.69, 9.17) is 0 Å². The Hall–Kier alpha value is -0.650. The zero-order valence-corrected chi connectivity index (χ0v) is 23.8. The Kier molecular flexibility index (Phi) is 5.94. The molecule has 5 heteroatoms. The van der Waals surface area contributed by atoms with Crippen LogP contribution < -0.4 is 0 Å². The highest BCUT2D eigenvalue weighted by Crippen LogP contribution is 2.78. The highest BCUT2D eigenvalue weighted by molar-refractivity contribution is 5.79. The summed E-state index contributed by atoms with van der Waals surface area (Å²) in [4.78, 5) is 12.8. The highest BCUT2D eigenvalue weighted by Gasteiger charge is 2.76.